The molecule has 0 aromatic heterocycles. The molecular formula is C22H29ClN4O2. The first-order valence-corrected chi connectivity index (χ1v) is 9.97. The second kappa shape index (κ2) is 11.3. The van der Waals surface area contributed by atoms with E-state index in [0.717, 1.165) is 35.8 Å². The van der Waals surface area contributed by atoms with Gasteiger partial charge in [-0.05, 0) is 43.2 Å². The number of nitrogens with one attached hydrogen (secondary N) is 2. The van der Waals surface area contributed by atoms with Crippen molar-refractivity contribution in [3.05, 3.63) is 64.2 Å². The molecule has 156 valence electrons. The highest BCUT2D eigenvalue weighted by atomic mass is 35.5. The molecule has 0 unspecified atom stereocenters. The van der Waals surface area contributed by atoms with E-state index in [1.807, 2.05) is 43.3 Å². The van der Waals surface area contributed by atoms with Crippen molar-refractivity contribution in [2.45, 2.75) is 19.9 Å². The number of hydrogen-bond acceptors (Lipinski definition) is 3. The van der Waals surface area contributed by atoms with Gasteiger partial charge in [0.1, 0.15) is 5.75 Å². The number of carbonyl (C=O) groups is 1. The molecule has 2 aromatic carbocycles. The van der Waals surface area contributed by atoms with Crippen molar-refractivity contribution in [3.8, 4) is 5.75 Å². The summed E-state index contributed by atoms with van der Waals surface area (Å²) in [6.45, 7) is 3.96. The number of methoxy groups -OCH3 is 1. The van der Waals surface area contributed by atoms with Crippen LogP contribution in [-0.2, 0) is 13.0 Å². The summed E-state index contributed by atoms with van der Waals surface area (Å²) in [5.74, 6) is 1.45. The predicted molar refractivity (Wildman–Crippen MR) is 119 cm³/mol. The molecule has 6 nitrogen and oxygen atoms in total. The van der Waals surface area contributed by atoms with Gasteiger partial charge < -0.3 is 20.3 Å². The van der Waals surface area contributed by atoms with Crippen molar-refractivity contribution in [1.82, 2.24) is 15.5 Å². The summed E-state index contributed by atoms with van der Waals surface area (Å²) in [5, 5.41) is 7.21. The molecule has 0 aliphatic rings. The lowest BCUT2D eigenvalue weighted by atomic mass is 10.1. The molecule has 7 heteroatoms. The molecule has 0 heterocycles. The van der Waals surface area contributed by atoms with Crippen LogP contribution in [0.1, 0.15) is 28.4 Å². The van der Waals surface area contributed by atoms with E-state index in [0.29, 0.717) is 23.7 Å². The van der Waals surface area contributed by atoms with Gasteiger partial charge in [0, 0.05) is 43.3 Å². The first kappa shape index (κ1) is 22.6. The molecule has 29 heavy (non-hydrogen) atoms. The highest BCUT2D eigenvalue weighted by molar-refractivity contribution is 6.30. The Labute approximate surface area is 177 Å². The summed E-state index contributed by atoms with van der Waals surface area (Å²) in [4.78, 5) is 18.3. The minimum atomic E-state index is 0.00613. The third-order valence-electron chi connectivity index (χ3n) is 4.29. The van der Waals surface area contributed by atoms with Crippen molar-refractivity contribution in [2.75, 3.05) is 34.3 Å². The van der Waals surface area contributed by atoms with E-state index in [-0.39, 0.29) is 5.91 Å². The number of nitrogens with zero attached hydrogens (tertiary/aromatic N) is 2. The Bertz CT molecular complexity index is 852. The van der Waals surface area contributed by atoms with Crippen LogP contribution in [0.4, 0.5) is 0 Å². The number of ether oxygens (including phenoxy) is 1. The summed E-state index contributed by atoms with van der Waals surface area (Å²) in [7, 11) is 5.13. The third-order valence-corrected chi connectivity index (χ3v) is 4.52. The van der Waals surface area contributed by atoms with Crippen molar-refractivity contribution >= 4 is 23.5 Å². The lowest BCUT2D eigenvalue weighted by molar-refractivity contribution is 0.0827. The molecule has 0 saturated heterocycles. The average molecular weight is 417 g/mol. The van der Waals surface area contributed by atoms with Gasteiger partial charge in [-0.2, -0.15) is 0 Å². The van der Waals surface area contributed by atoms with E-state index in [2.05, 4.69) is 15.6 Å². The summed E-state index contributed by atoms with van der Waals surface area (Å²) in [6.07, 6.45) is 0.781. The first-order valence-electron chi connectivity index (χ1n) is 9.59. The molecule has 0 spiro atoms. The smallest absolute Gasteiger partial charge is 0.253 e. The van der Waals surface area contributed by atoms with Crippen molar-refractivity contribution in [3.63, 3.8) is 0 Å². The van der Waals surface area contributed by atoms with E-state index in [1.54, 1.807) is 32.2 Å². The maximum absolute atomic E-state index is 12.1. The number of rotatable bonds is 8. The van der Waals surface area contributed by atoms with Crippen LogP contribution in [0.15, 0.2) is 47.5 Å². The predicted octanol–water partition coefficient (Wildman–Crippen LogP) is 3.35. The number of hydrogen-bond donors (Lipinski definition) is 2. The summed E-state index contributed by atoms with van der Waals surface area (Å²) < 4.78 is 5.38. The van der Waals surface area contributed by atoms with Gasteiger partial charge >= 0.3 is 0 Å². The highest BCUT2D eigenvalue weighted by Crippen LogP contribution is 2.23. The van der Waals surface area contributed by atoms with Gasteiger partial charge in [0.05, 0.1) is 13.7 Å². The largest absolute Gasteiger partial charge is 0.496 e. The lowest BCUT2D eigenvalue weighted by Crippen LogP contribution is -2.38. The molecule has 0 fully saturated rings. The molecule has 2 aromatic rings. The number of amides is 1. The summed E-state index contributed by atoms with van der Waals surface area (Å²) in [5.41, 5.74) is 2.76. The molecule has 0 saturated carbocycles. The van der Waals surface area contributed by atoms with Gasteiger partial charge in [-0.25, -0.2) is 4.99 Å². The Morgan fingerprint density at radius 1 is 1.17 bits per heavy atom. The molecule has 2 rings (SSSR count). The molecule has 0 radical (unpaired) electrons. The van der Waals surface area contributed by atoms with Crippen molar-refractivity contribution in [2.24, 2.45) is 4.99 Å². The van der Waals surface area contributed by atoms with E-state index in [9.17, 15) is 4.79 Å². The topological polar surface area (TPSA) is 66.0 Å². The monoisotopic (exact) mass is 416 g/mol. The van der Waals surface area contributed by atoms with Crippen LogP contribution in [0.2, 0.25) is 5.02 Å². The summed E-state index contributed by atoms with van der Waals surface area (Å²) in [6, 6.07) is 13.2. The minimum Gasteiger partial charge on any atom is -0.496 e. The molecule has 0 bridgehead atoms. The number of halogens is 1. The third kappa shape index (κ3) is 6.98. The van der Waals surface area contributed by atoms with Crippen molar-refractivity contribution < 1.29 is 9.53 Å². The van der Waals surface area contributed by atoms with Gasteiger partial charge in [0.15, 0.2) is 5.96 Å². The van der Waals surface area contributed by atoms with Crippen LogP contribution in [-0.4, -0.2) is 51.1 Å². The number of aliphatic imine (C=N–C) groups is 1. The number of guanidine groups is 1. The van der Waals surface area contributed by atoms with Crippen LogP contribution in [0.5, 0.6) is 5.75 Å². The fourth-order valence-corrected chi connectivity index (χ4v) is 2.96. The molecular weight excluding hydrogens is 388 g/mol. The maximum atomic E-state index is 12.1. The van der Waals surface area contributed by atoms with Crippen LogP contribution < -0.4 is 15.4 Å². The van der Waals surface area contributed by atoms with E-state index < -0.39 is 0 Å². The van der Waals surface area contributed by atoms with Gasteiger partial charge in [-0.3, -0.25) is 4.79 Å². The fraction of sp³-hybridized carbons (Fsp3) is 0.364. The Kier molecular flexibility index (Phi) is 8.80. The molecule has 0 atom stereocenters. The van der Waals surface area contributed by atoms with E-state index in [1.165, 1.54) is 0 Å². The van der Waals surface area contributed by atoms with Crippen LogP contribution in [0, 0.1) is 0 Å². The minimum absolute atomic E-state index is 0.00613. The standard InChI is InChI=1S/C22H29ClN4O2/c1-5-24-22(26-15-18-9-10-19(23)14-20(18)29-4)25-12-11-16-7-6-8-17(13-16)21(28)27(2)3/h6-10,13-14H,5,11-12,15H2,1-4H3,(H2,24,25,26). The molecule has 1 amide bonds. The van der Waals surface area contributed by atoms with Crippen LogP contribution in [0.25, 0.3) is 0 Å². The SMILES string of the molecule is CCNC(=NCc1ccc(Cl)cc1OC)NCCc1cccc(C(=O)N(C)C)c1. The highest BCUT2D eigenvalue weighted by Gasteiger charge is 2.08. The Balaban J connectivity index is 1.98. The zero-order chi connectivity index (χ0) is 21.2. The first-order chi connectivity index (χ1) is 13.9. The van der Waals surface area contributed by atoms with Gasteiger partial charge in [0.25, 0.3) is 5.91 Å². The zero-order valence-electron chi connectivity index (χ0n) is 17.5. The quantitative estimate of drug-likeness (QED) is 0.511. The van der Waals surface area contributed by atoms with Crippen molar-refractivity contribution in [1.29, 1.82) is 0 Å². The number of benzene rings is 2. The molecule has 2 N–H and O–H groups in total. The molecule has 0 aliphatic carbocycles. The van der Waals surface area contributed by atoms with Gasteiger partial charge in [-0.15, -0.1) is 0 Å². The normalized spacial score (nSPS) is 11.1. The lowest BCUT2D eigenvalue weighted by Gasteiger charge is -2.13. The fourth-order valence-electron chi connectivity index (χ4n) is 2.80. The van der Waals surface area contributed by atoms with E-state index in [4.69, 9.17) is 16.3 Å². The second-order valence-corrected chi connectivity index (χ2v) is 7.16. The van der Waals surface area contributed by atoms with E-state index >= 15 is 0 Å². The maximum Gasteiger partial charge on any atom is 0.253 e. The van der Waals surface area contributed by atoms with Gasteiger partial charge in [-0.1, -0.05) is 29.8 Å². The van der Waals surface area contributed by atoms with Crippen LogP contribution in [0.3, 0.4) is 0 Å². The zero-order valence-corrected chi connectivity index (χ0v) is 18.2. The van der Waals surface area contributed by atoms with Crippen LogP contribution >= 0.6 is 11.6 Å². The average Bonchev–Trinajstić information content (AvgIpc) is 2.72. The van der Waals surface area contributed by atoms with Gasteiger partial charge in [0.2, 0.25) is 0 Å². The Morgan fingerprint density at radius 3 is 2.66 bits per heavy atom. The summed E-state index contributed by atoms with van der Waals surface area (Å²) >= 11 is 6.02. The number of carbonyl (C=O) groups excluding carboxylic acids is 1. The Morgan fingerprint density at radius 2 is 1.97 bits per heavy atom. The molecule has 0 aliphatic heterocycles. The second-order valence-electron chi connectivity index (χ2n) is 6.73. The Hall–Kier alpha value is -2.73.